The molecule has 2 aliphatic carbocycles. The molecule has 2 bridgehead atoms. The molecule has 28 heavy (non-hydrogen) atoms. The fourth-order valence-corrected chi connectivity index (χ4v) is 4.46. The molecule has 6 heteroatoms. The van der Waals surface area contributed by atoms with E-state index in [2.05, 4.69) is 5.32 Å². The summed E-state index contributed by atoms with van der Waals surface area (Å²) in [5.74, 6) is -3.21. The van der Waals surface area contributed by atoms with Crippen molar-refractivity contribution in [1.29, 1.82) is 0 Å². The topological polar surface area (TPSA) is 83.5 Å². The van der Waals surface area contributed by atoms with Gasteiger partial charge in [-0.15, -0.1) is 0 Å². The molecule has 2 aromatic rings. The standard InChI is InChI=1S/C22H18ClNO4/c23-15-8-9-17(16(11-15)20(25)12-4-2-1-3-5-12)24-21(26)18-13-6-7-14(10-13)19(18)22(27)28/h1-9,11,13-14,18-19H,10H2,(H,24,26)(H,27,28). The lowest BCUT2D eigenvalue weighted by atomic mass is 9.82. The van der Waals surface area contributed by atoms with Crippen LogP contribution in [0.2, 0.25) is 5.02 Å². The van der Waals surface area contributed by atoms with Gasteiger partial charge in [0.1, 0.15) is 0 Å². The molecule has 4 unspecified atom stereocenters. The Morgan fingerprint density at radius 3 is 2.32 bits per heavy atom. The summed E-state index contributed by atoms with van der Waals surface area (Å²) in [6, 6.07) is 13.4. The van der Waals surface area contributed by atoms with Crippen molar-refractivity contribution >= 4 is 34.9 Å². The molecule has 142 valence electrons. The number of hydrogen-bond donors (Lipinski definition) is 2. The average molecular weight is 396 g/mol. The zero-order chi connectivity index (χ0) is 19.8. The SMILES string of the molecule is O=C(c1ccccc1)c1cc(Cl)ccc1NC(=O)C1C2C=CC(C2)C1C(=O)O. The summed E-state index contributed by atoms with van der Waals surface area (Å²) in [5, 5.41) is 12.7. The van der Waals surface area contributed by atoms with Crippen molar-refractivity contribution in [2.45, 2.75) is 6.42 Å². The number of carboxylic acids is 1. The van der Waals surface area contributed by atoms with Crippen LogP contribution in [0.3, 0.4) is 0 Å². The van der Waals surface area contributed by atoms with Crippen molar-refractivity contribution in [3.63, 3.8) is 0 Å². The normalized spacial score (nSPS) is 24.9. The number of fused-ring (bicyclic) bond motifs is 2. The predicted octanol–water partition coefficient (Wildman–Crippen LogP) is 4.03. The highest BCUT2D eigenvalue weighted by Crippen LogP contribution is 2.48. The molecule has 0 aliphatic heterocycles. The zero-order valence-corrected chi connectivity index (χ0v) is 15.6. The van der Waals surface area contributed by atoms with E-state index in [9.17, 15) is 19.5 Å². The van der Waals surface area contributed by atoms with E-state index < -0.39 is 17.8 Å². The maximum absolute atomic E-state index is 13.0. The minimum absolute atomic E-state index is 0.0910. The Morgan fingerprint density at radius 2 is 1.64 bits per heavy atom. The molecule has 4 atom stereocenters. The number of carbonyl (C=O) groups is 3. The largest absolute Gasteiger partial charge is 0.481 e. The molecule has 2 aliphatic rings. The third-order valence-corrected chi connectivity index (χ3v) is 5.80. The van der Waals surface area contributed by atoms with E-state index in [0.29, 0.717) is 22.7 Å². The predicted molar refractivity (Wildman–Crippen MR) is 105 cm³/mol. The Labute approximate surface area is 167 Å². The summed E-state index contributed by atoms with van der Waals surface area (Å²) in [5.41, 5.74) is 1.09. The van der Waals surface area contributed by atoms with Crippen LogP contribution in [0.4, 0.5) is 5.69 Å². The van der Waals surface area contributed by atoms with Crippen molar-refractivity contribution in [1.82, 2.24) is 0 Å². The van der Waals surface area contributed by atoms with Crippen molar-refractivity contribution < 1.29 is 19.5 Å². The third kappa shape index (κ3) is 3.22. The molecule has 2 N–H and O–H groups in total. The Bertz CT molecular complexity index is 985. The molecule has 2 aromatic carbocycles. The summed E-state index contributed by atoms with van der Waals surface area (Å²) in [4.78, 5) is 37.5. The van der Waals surface area contributed by atoms with Crippen LogP contribution in [0.5, 0.6) is 0 Å². The maximum atomic E-state index is 13.0. The van der Waals surface area contributed by atoms with E-state index in [1.165, 1.54) is 6.07 Å². The summed E-state index contributed by atoms with van der Waals surface area (Å²) in [6.45, 7) is 0. The fraction of sp³-hybridized carbons (Fsp3) is 0.227. The molecule has 0 heterocycles. The second kappa shape index (κ2) is 7.24. The monoisotopic (exact) mass is 395 g/mol. The number of carboxylic acid groups (broad SMARTS) is 1. The highest BCUT2D eigenvalue weighted by molar-refractivity contribution is 6.31. The molecule has 0 saturated heterocycles. The van der Waals surface area contributed by atoms with Crippen LogP contribution >= 0.6 is 11.6 Å². The van der Waals surface area contributed by atoms with Gasteiger partial charge >= 0.3 is 5.97 Å². The highest BCUT2D eigenvalue weighted by atomic mass is 35.5. The van der Waals surface area contributed by atoms with Gasteiger partial charge in [0.15, 0.2) is 5.78 Å². The van der Waals surface area contributed by atoms with E-state index in [1.54, 1.807) is 36.4 Å². The molecule has 4 rings (SSSR count). The number of halogens is 1. The first-order valence-corrected chi connectivity index (χ1v) is 9.45. The quantitative estimate of drug-likeness (QED) is 0.591. The molecule has 0 radical (unpaired) electrons. The lowest BCUT2D eigenvalue weighted by Gasteiger charge is -2.24. The molecule has 1 amide bonds. The maximum Gasteiger partial charge on any atom is 0.307 e. The van der Waals surface area contributed by atoms with Gasteiger partial charge in [-0.25, -0.2) is 0 Å². The number of ketones is 1. The van der Waals surface area contributed by atoms with Crippen molar-refractivity contribution in [3.05, 3.63) is 76.8 Å². The van der Waals surface area contributed by atoms with Crippen LogP contribution < -0.4 is 5.32 Å². The van der Waals surface area contributed by atoms with E-state index in [0.717, 1.165) is 0 Å². The Hall–Kier alpha value is -2.92. The number of benzene rings is 2. The first-order valence-electron chi connectivity index (χ1n) is 9.07. The Kier molecular flexibility index (Phi) is 4.77. The van der Waals surface area contributed by atoms with Crippen LogP contribution in [0, 0.1) is 23.7 Å². The molecule has 0 spiro atoms. The van der Waals surface area contributed by atoms with Gasteiger partial charge < -0.3 is 10.4 Å². The molecular weight excluding hydrogens is 378 g/mol. The number of aliphatic carboxylic acids is 1. The first-order chi connectivity index (χ1) is 13.5. The van der Waals surface area contributed by atoms with Crippen molar-refractivity contribution in [3.8, 4) is 0 Å². The average Bonchev–Trinajstić information content (AvgIpc) is 3.31. The number of hydrogen-bond acceptors (Lipinski definition) is 3. The molecular formula is C22H18ClNO4. The highest BCUT2D eigenvalue weighted by Gasteiger charge is 2.51. The molecule has 1 saturated carbocycles. The van der Waals surface area contributed by atoms with Gasteiger partial charge in [-0.05, 0) is 36.5 Å². The van der Waals surface area contributed by atoms with Crippen LogP contribution in [-0.2, 0) is 9.59 Å². The minimum Gasteiger partial charge on any atom is -0.481 e. The summed E-state index contributed by atoms with van der Waals surface area (Å²) in [6.07, 6.45) is 4.48. The van der Waals surface area contributed by atoms with Gasteiger partial charge in [0.05, 0.1) is 17.5 Å². The lowest BCUT2D eigenvalue weighted by Crippen LogP contribution is -2.36. The van der Waals surface area contributed by atoms with Gasteiger partial charge in [-0.3, -0.25) is 14.4 Å². The second-order valence-electron chi connectivity index (χ2n) is 7.21. The van der Waals surface area contributed by atoms with Crippen LogP contribution in [0.15, 0.2) is 60.7 Å². The van der Waals surface area contributed by atoms with Crippen LogP contribution in [0.25, 0.3) is 0 Å². The van der Waals surface area contributed by atoms with Gasteiger partial charge in [0.25, 0.3) is 0 Å². The van der Waals surface area contributed by atoms with E-state index in [-0.39, 0.29) is 29.1 Å². The number of allylic oxidation sites excluding steroid dienone is 2. The molecule has 0 aromatic heterocycles. The number of nitrogens with one attached hydrogen (secondary N) is 1. The van der Waals surface area contributed by atoms with Gasteiger partial charge in [0, 0.05) is 16.1 Å². The first kappa shape index (κ1) is 18.4. The van der Waals surface area contributed by atoms with Gasteiger partial charge in [0.2, 0.25) is 5.91 Å². The van der Waals surface area contributed by atoms with Crippen LogP contribution in [0.1, 0.15) is 22.3 Å². The number of anilines is 1. The van der Waals surface area contributed by atoms with Crippen molar-refractivity contribution in [2.75, 3.05) is 5.32 Å². The van der Waals surface area contributed by atoms with Crippen LogP contribution in [-0.4, -0.2) is 22.8 Å². The summed E-state index contributed by atoms with van der Waals surface area (Å²) in [7, 11) is 0. The summed E-state index contributed by atoms with van der Waals surface area (Å²) < 4.78 is 0. The Balaban J connectivity index is 1.64. The van der Waals surface area contributed by atoms with E-state index in [1.807, 2.05) is 18.2 Å². The third-order valence-electron chi connectivity index (χ3n) is 5.57. The van der Waals surface area contributed by atoms with E-state index in [4.69, 9.17) is 11.6 Å². The van der Waals surface area contributed by atoms with Gasteiger partial charge in [-0.1, -0.05) is 54.1 Å². The smallest absolute Gasteiger partial charge is 0.307 e. The lowest BCUT2D eigenvalue weighted by molar-refractivity contribution is -0.146. The summed E-state index contributed by atoms with van der Waals surface area (Å²) >= 11 is 6.08. The molecule has 5 nitrogen and oxygen atoms in total. The zero-order valence-electron chi connectivity index (χ0n) is 14.8. The van der Waals surface area contributed by atoms with E-state index >= 15 is 0 Å². The molecule has 1 fully saturated rings. The van der Waals surface area contributed by atoms with Gasteiger partial charge in [-0.2, -0.15) is 0 Å². The Morgan fingerprint density at radius 1 is 0.964 bits per heavy atom. The second-order valence-corrected chi connectivity index (χ2v) is 7.65. The number of amides is 1. The minimum atomic E-state index is -0.964. The van der Waals surface area contributed by atoms with Crippen molar-refractivity contribution in [2.24, 2.45) is 23.7 Å². The number of carbonyl (C=O) groups excluding carboxylic acids is 2. The number of rotatable bonds is 5. The fourth-order valence-electron chi connectivity index (χ4n) is 4.29.